The van der Waals surface area contributed by atoms with Crippen molar-refractivity contribution < 1.29 is 4.42 Å². The lowest BCUT2D eigenvalue weighted by molar-refractivity contribution is -0.231. The number of furan rings is 1. The predicted octanol–water partition coefficient (Wildman–Crippen LogP) is 14.4. The van der Waals surface area contributed by atoms with Gasteiger partial charge >= 0.3 is 0 Å². The predicted molar refractivity (Wildman–Crippen MR) is 230 cm³/mol. The minimum Gasteiger partial charge on any atom is -0.456 e. The minimum absolute atomic E-state index is 0.0381. The first kappa shape index (κ1) is 32.1. The zero-order valence-electron chi connectivity index (χ0n) is 33.0. The molecule has 6 atom stereocenters. The molecule has 7 aromatic rings. The highest BCUT2D eigenvalue weighted by atomic mass is 16.3. The number of fused-ring (bicyclic) bond motifs is 12. The summed E-state index contributed by atoms with van der Waals surface area (Å²) in [4.78, 5) is 2.51. The summed E-state index contributed by atoms with van der Waals surface area (Å²) in [5.41, 5.74) is 18.3. The van der Waals surface area contributed by atoms with Crippen molar-refractivity contribution in [3.05, 3.63) is 150 Å². The van der Waals surface area contributed by atoms with Gasteiger partial charge in [0, 0.05) is 33.6 Å². The van der Waals surface area contributed by atoms with Crippen molar-refractivity contribution >= 4 is 39.0 Å². The van der Waals surface area contributed by atoms with Crippen LogP contribution in [0.15, 0.2) is 132 Å². The lowest BCUT2D eigenvalue weighted by Gasteiger charge is -2.76. The van der Waals surface area contributed by atoms with E-state index >= 15 is 0 Å². The summed E-state index contributed by atoms with van der Waals surface area (Å²) >= 11 is 0. The number of anilines is 3. The Morgan fingerprint density at radius 1 is 0.571 bits per heavy atom. The standard InChI is InChI=1S/C54H49NO/c1-51(2)25-26-52(3,4)50-43(51)16-10-17-44(50)55(36-23-24-39-38-11-6-8-18-45(38)56-46(39)30-36)35-21-19-33(20-22-35)37-13-9-15-42-49(37)40-12-5-7-14-41(40)54(42)47-28-32-27-34-29-48(54)53(34,47)31-32/h5-24,30,32,34,47-48H,25-29,31H2,1-4H3. The van der Waals surface area contributed by atoms with Crippen LogP contribution < -0.4 is 4.90 Å². The molecule has 1 heterocycles. The molecule has 276 valence electrons. The Hall–Kier alpha value is -5.08. The number of para-hydroxylation sites is 1. The maximum atomic E-state index is 6.51. The van der Waals surface area contributed by atoms with Crippen LogP contribution in [0.2, 0.25) is 0 Å². The second-order valence-corrected chi connectivity index (χ2v) is 20.0. The molecule has 0 amide bonds. The van der Waals surface area contributed by atoms with Gasteiger partial charge in [-0.1, -0.05) is 113 Å². The van der Waals surface area contributed by atoms with Gasteiger partial charge in [0.2, 0.25) is 0 Å². The Morgan fingerprint density at radius 3 is 2.14 bits per heavy atom. The maximum Gasteiger partial charge on any atom is 0.137 e. The fraction of sp³-hybridized carbons (Fsp3) is 0.333. The molecule has 6 aliphatic rings. The smallest absolute Gasteiger partial charge is 0.137 e. The summed E-state index contributed by atoms with van der Waals surface area (Å²) in [5.74, 6) is 3.60. The fourth-order valence-corrected chi connectivity index (χ4v) is 14.6. The van der Waals surface area contributed by atoms with Crippen molar-refractivity contribution in [1.29, 1.82) is 0 Å². The summed E-state index contributed by atoms with van der Waals surface area (Å²) < 4.78 is 6.51. The van der Waals surface area contributed by atoms with Crippen LogP contribution in [0.25, 0.3) is 44.2 Å². The Balaban J connectivity index is 0.974. The van der Waals surface area contributed by atoms with E-state index in [1.807, 2.05) is 0 Å². The lowest BCUT2D eigenvalue weighted by atomic mass is 9.27. The van der Waals surface area contributed by atoms with E-state index in [2.05, 4.69) is 160 Å². The molecule has 4 saturated carbocycles. The third kappa shape index (κ3) is 3.71. The molecule has 1 aromatic heterocycles. The number of nitrogens with zero attached hydrogens (tertiary/aromatic N) is 1. The van der Waals surface area contributed by atoms with E-state index in [1.54, 1.807) is 11.1 Å². The van der Waals surface area contributed by atoms with E-state index in [1.165, 1.54) is 82.2 Å². The molecule has 56 heavy (non-hydrogen) atoms. The summed E-state index contributed by atoms with van der Waals surface area (Å²) in [6.07, 6.45) is 8.23. The first-order chi connectivity index (χ1) is 27.2. The van der Waals surface area contributed by atoms with E-state index in [-0.39, 0.29) is 16.2 Å². The third-order valence-electron chi connectivity index (χ3n) is 16.8. The highest BCUT2D eigenvalue weighted by Gasteiger charge is 2.84. The molecular formula is C54H49NO. The normalized spacial score (nSPS) is 29.1. The van der Waals surface area contributed by atoms with Crippen LogP contribution in [-0.2, 0) is 16.2 Å². The molecule has 2 bridgehead atoms. The van der Waals surface area contributed by atoms with Crippen LogP contribution in [-0.4, -0.2) is 0 Å². The average molecular weight is 728 g/mol. The second-order valence-electron chi connectivity index (χ2n) is 20.0. The van der Waals surface area contributed by atoms with Crippen LogP contribution in [0.4, 0.5) is 17.1 Å². The molecule has 6 unspecified atom stereocenters. The SMILES string of the molecule is CC1(C)CCC(C)(C)c2c(N(c3ccc(-c4cccc5c4-c4ccccc4C54C5CC6CC7CC4C75C6)cc3)c3ccc4c(c3)oc3ccccc34)cccc21. The van der Waals surface area contributed by atoms with Crippen molar-refractivity contribution in [1.82, 2.24) is 0 Å². The van der Waals surface area contributed by atoms with Crippen molar-refractivity contribution in [2.75, 3.05) is 4.90 Å². The van der Waals surface area contributed by atoms with E-state index < -0.39 is 0 Å². The highest BCUT2D eigenvalue weighted by molar-refractivity contribution is 6.06. The second kappa shape index (κ2) is 10.5. The topological polar surface area (TPSA) is 16.4 Å². The van der Waals surface area contributed by atoms with E-state index in [4.69, 9.17) is 4.42 Å². The Kier molecular flexibility index (Phi) is 5.98. The van der Waals surface area contributed by atoms with Gasteiger partial charge < -0.3 is 9.32 Å². The van der Waals surface area contributed by atoms with Crippen LogP contribution in [0.3, 0.4) is 0 Å². The molecule has 2 nitrogen and oxygen atoms in total. The largest absolute Gasteiger partial charge is 0.456 e. The number of hydrogen-bond donors (Lipinski definition) is 0. The van der Waals surface area contributed by atoms with Crippen molar-refractivity contribution in [3.8, 4) is 22.3 Å². The Bertz CT molecular complexity index is 2820. The van der Waals surface area contributed by atoms with Gasteiger partial charge in [-0.2, -0.15) is 0 Å². The van der Waals surface area contributed by atoms with Gasteiger partial charge in [0.15, 0.2) is 0 Å². The maximum absolute atomic E-state index is 6.51. The highest BCUT2D eigenvalue weighted by Crippen LogP contribution is 2.89. The van der Waals surface area contributed by atoms with E-state index in [0.29, 0.717) is 5.41 Å². The Labute approximate surface area is 330 Å². The zero-order valence-corrected chi connectivity index (χ0v) is 33.0. The van der Waals surface area contributed by atoms with Gasteiger partial charge in [-0.25, -0.2) is 0 Å². The molecule has 2 spiro atoms. The van der Waals surface area contributed by atoms with Gasteiger partial charge in [0.05, 0.1) is 5.69 Å². The number of rotatable bonds is 4. The first-order valence-electron chi connectivity index (χ1n) is 21.4. The molecule has 0 radical (unpaired) electrons. The Morgan fingerprint density at radius 2 is 1.27 bits per heavy atom. The van der Waals surface area contributed by atoms with Crippen molar-refractivity contribution in [2.24, 2.45) is 29.1 Å². The molecule has 0 aliphatic heterocycles. The van der Waals surface area contributed by atoms with Gasteiger partial charge in [0.1, 0.15) is 11.2 Å². The first-order valence-corrected chi connectivity index (χ1v) is 21.4. The molecule has 0 N–H and O–H groups in total. The molecule has 6 aliphatic carbocycles. The van der Waals surface area contributed by atoms with Crippen LogP contribution in [0.1, 0.15) is 88.5 Å². The zero-order chi connectivity index (χ0) is 37.3. The average Bonchev–Trinajstić information content (AvgIpc) is 3.94. The van der Waals surface area contributed by atoms with Gasteiger partial charge in [0.25, 0.3) is 0 Å². The van der Waals surface area contributed by atoms with Crippen molar-refractivity contribution in [3.63, 3.8) is 0 Å². The summed E-state index contributed by atoms with van der Waals surface area (Å²) in [6, 6.07) is 48.6. The number of hydrogen-bond acceptors (Lipinski definition) is 2. The van der Waals surface area contributed by atoms with Crippen LogP contribution >= 0.6 is 0 Å². The summed E-state index contributed by atoms with van der Waals surface area (Å²) in [5, 5.41) is 2.32. The van der Waals surface area contributed by atoms with Crippen molar-refractivity contribution in [2.45, 2.75) is 82.5 Å². The van der Waals surface area contributed by atoms with E-state index in [9.17, 15) is 0 Å². The summed E-state index contributed by atoms with van der Waals surface area (Å²) in [6.45, 7) is 9.74. The molecular weight excluding hydrogens is 679 g/mol. The summed E-state index contributed by atoms with van der Waals surface area (Å²) in [7, 11) is 0. The third-order valence-corrected chi connectivity index (χ3v) is 16.8. The monoisotopic (exact) mass is 727 g/mol. The van der Waals surface area contributed by atoms with E-state index in [0.717, 1.165) is 52.3 Å². The minimum atomic E-state index is 0.0381. The number of benzene rings is 6. The molecule has 4 fully saturated rings. The molecule has 2 heteroatoms. The fourth-order valence-electron chi connectivity index (χ4n) is 14.6. The quantitative estimate of drug-likeness (QED) is 0.179. The molecule has 13 rings (SSSR count). The van der Waals surface area contributed by atoms with Crippen LogP contribution in [0.5, 0.6) is 0 Å². The molecule has 6 aromatic carbocycles. The van der Waals surface area contributed by atoms with Gasteiger partial charge in [-0.05, 0) is 159 Å². The van der Waals surface area contributed by atoms with Gasteiger partial charge in [-0.3, -0.25) is 0 Å². The van der Waals surface area contributed by atoms with Gasteiger partial charge in [-0.15, -0.1) is 0 Å². The lowest BCUT2D eigenvalue weighted by Crippen LogP contribution is -2.73. The molecule has 0 saturated heterocycles. The van der Waals surface area contributed by atoms with Crippen LogP contribution in [0, 0.1) is 29.1 Å².